The van der Waals surface area contributed by atoms with Gasteiger partial charge in [0.05, 0.1) is 17.6 Å². The van der Waals surface area contributed by atoms with Gasteiger partial charge in [-0.3, -0.25) is 9.58 Å². The lowest BCUT2D eigenvalue weighted by Crippen LogP contribution is -2.34. The lowest BCUT2D eigenvalue weighted by atomic mass is 9.93. The van der Waals surface area contributed by atoms with Crippen molar-refractivity contribution in [1.82, 2.24) is 14.7 Å². The van der Waals surface area contributed by atoms with Gasteiger partial charge in [0.2, 0.25) is 0 Å². The van der Waals surface area contributed by atoms with Crippen LogP contribution in [0.4, 0.5) is 5.69 Å². The summed E-state index contributed by atoms with van der Waals surface area (Å²) in [6.45, 7) is 3.26. The molecule has 1 atom stereocenters. The Morgan fingerprint density at radius 1 is 1.30 bits per heavy atom. The van der Waals surface area contributed by atoms with Gasteiger partial charge in [-0.1, -0.05) is 30.3 Å². The van der Waals surface area contributed by atoms with Gasteiger partial charge in [0, 0.05) is 26.1 Å². The van der Waals surface area contributed by atoms with Crippen molar-refractivity contribution in [2.45, 2.75) is 25.3 Å². The van der Waals surface area contributed by atoms with Gasteiger partial charge < -0.3 is 5.73 Å². The van der Waals surface area contributed by atoms with Gasteiger partial charge >= 0.3 is 0 Å². The smallest absolute Gasteiger partial charge is 0.0736 e. The largest absolute Gasteiger partial charge is 0.396 e. The summed E-state index contributed by atoms with van der Waals surface area (Å²) in [5.41, 5.74) is 9.48. The molecule has 106 valence electrons. The fourth-order valence-corrected chi connectivity index (χ4v) is 3.23. The van der Waals surface area contributed by atoms with Gasteiger partial charge in [0.1, 0.15) is 0 Å². The number of rotatable bonds is 3. The van der Waals surface area contributed by atoms with Crippen molar-refractivity contribution in [2.75, 3.05) is 18.8 Å². The van der Waals surface area contributed by atoms with E-state index in [0.717, 1.165) is 18.8 Å². The fourth-order valence-electron chi connectivity index (χ4n) is 3.23. The number of hydrogen-bond acceptors (Lipinski definition) is 3. The molecule has 0 radical (unpaired) electrons. The number of anilines is 1. The summed E-state index contributed by atoms with van der Waals surface area (Å²) in [7, 11) is 1.99. The van der Waals surface area contributed by atoms with Gasteiger partial charge in [-0.2, -0.15) is 5.10 Å². The summed E-state index contributed by atoms with van der Waals surface area (Å²) in [5, 5.41) is 4.27. The van der Waals surface area contributed by atoms with Gasteiger partial charge in [0.25, 0.3) is 0 Å². The number of piperidine rings is 1. The van der Waals surface area contributed by atoms with Gasteiger partial charge in [0.15, 0.2) is 0 Å². The van der Waals surface area contributed by atoms with Crippen LogP contribution in [0, 0.1) is 0 Å². The maximum atomic E-state index is 6.07. The first-order chi connectivity index (χ1) is 9.74. The molecule has 1 aliphatic rings. The molecule has 1 aromatic carbocycles. The van der Waals surface area contributed by atoms with Crippen molar-refractivity contribution in [2.24, 2.45) is 7.05 Å². The van der Waals surface area contributed by atoms with Crippen LogP contribution in [-0.2, 0) is 13.6 Å². The average Bonchev–Trinajstić information content (AvgIpc) is 2.80. The van der Waals surface area contributed by atoms with Crippen molar-refractivity contribution < 1.29 is 0 Å². The molecule has 2 aromatic rings. The van der Waals surface area contributed by atoms with Gasteiger partial charge in [-0.05, 0) is 24.9 Å². The molecule has 0 aliphatic carbocycles. The van der Waals surface area contributed by atoms with E-state index in [1.807, 2.05) is 11.7 Å². The first kappa shape index (κ1) is 13.2. The second kappa shape index (κ2) is 5.67. The van der Waals surface area contributed by atoms with E-state index in [-0.39, 0.29) is 0 Å². The number of aromatic nitrogens is 2. The highest BCUT2D eigenvalue weighted by Crippen LogP contribution is 2.30. The number of benzene rings is 1. The molecule has 1 aliphatic heterocycles. The van der Waals surface area contributed by atoms with Crippen LogP contribution in [0.15, 0.2) is 36.5 Å². The van der Waals surface area contributed by atoms with Gasteiger partial charge in [-0.15, -0.1) is 0 Å². The minimum atomic E-state index is 0.500. The highest BCUT2D eigenvalue weighted by molar-refractivity contribution is 5.43. The second-order valence-corrected chi connectivity index (χ2v) is 5.67. The third-order valence-corrected chi connectivity index (χ3v) is 4.16. The molecule has 0 amide bonds. The average molecular weight is 270 g/mol. The molecule has 0 saturated carbocycles. The lowest BCUT2D eigenvalue weighted by molar-refractivity contribution is 0.197. The van der Waals surface area contributed by atoms with E-state index < -0.39 is 0 Å². The molecule has 1 aromatic heterocycles. The van der Waals surface area contributed by atoms with E-state index in [0.29, 0.717) is 5.92 Å². The molecule has 0 bridgehead atoms. The molecule has 2 heterocycles. The van der Waals surface area contributed by atoms with Crippen molar-refractivity contribution in [3.63, 3.8) is 0 Å². The van der Waals surface area contributed by atoms with Crippen LogP contribution >= 0.6 is 0 Å². The molecule has 4 heteroatoms. The Balaban J connectivity index is 1.71. The van der Waals surface area contributed by atoms with Crippen LogP contribution in [0.1, 0.15) is 30.0 Å². The molecular formula is C16H22N4. The van der Waals surface area contributed by atoms with Crippen molar-refractivity contribution >= 4 is 5.69 Å². The Morgan fingerprint density at radius 3 is 2.80 bits per heavy atom. The predicted molar refractivity (Wildman–Crippen MR) is 81.3 cm³/mol. The number of likely N-dealkylation sites (tertiary alicyclic amines) is 1. The minimum Gasteiger partial charge on any atom is -0.396 e. The molecule has 2 N–H and O–H groups in total. The summed E-state index contributed by atoms with van der Waals surface area (Å²) in [6, 6.07) is 10.7. The first-order valence-electron chi connectivity index (χ1n) is 7.27. The molecule has 20 heavy (non-hydrogen) atoms. The SMILES string of the molecule is Cn1ncc(N)c1C1CCCN(Cc2ccccc2)C1. The summed E-state index contributed by atoms with van der Waals surface area (Å²) in [5.74, 6) is 0.500. The van der Waals surface area contributed by atoms with E-state index in [1.54, 1.807) is 6.20 Å². The van der Waals surface area contributed by atoms with E-state index in [9.17, 15) is 0 Å². The van der Waals surface area contributed by atoms with E-state index in [4.69, 9.17) is 5.73 Å². The number of aryl methyl sites for hydroxylation is 1. The maximum absolute atomic E-state index is 6.07. The Hall–Kier alpha value is -1.81. The quantitative estimate of drug-likeness (QED) is 0.931. The van der Waals surface area contributed by atoms with Gasteiger partial charge in [-0.25, -0.2) is 0 Å². The Kier molecular flexibility index (Phi) is 3.74. The molecular weight excluding hydrogens is 248 g/mol. The molecule has 0 spiro atoms. The highest BCUT2D eigenvalue weighted by atomic mass is 15.3. The zero-order chi connectivity index (χ0) is 13.9. The van der Waals surface area contributed by atoms with Crippen LogP contribution in [-0.4, -0.2) is 27.8 Å². The predicted octanol–water partition coefficient (Wildman–Crippen LogP) is 2.38. The van der Waals surface area contributed by atoms with Crippen LogP contribution in [0.25, 0.3) is 0 Å². The van der Waals surface area contributed by atoms with Crippen molar-refractivity contribution in [3.8, 4) is 0 Å². The number of hydrogen-bond donors (Lipinski definition) is 1. The zero-order valence-electron chi connectivity index (χ0n) is 12.0. The summed E-state index contributed by atoms with van der Waals surface area (Å²) in [4.78, 5) is 2.52. The van der Waals surface area contributed by atoms with Crippen LogP contribution in [0.3, 0.4) is 0 Å². The van der Waals surface area contributed by atoms with Crippen molar-refractivity contribution in [1.29, 1.82) is 0 Å². The van der Waals surface area contributed by atoms with E-state index >= 15 is 0 Å². The van der Waals surface area contributed by atoms with E-state index in [2.05, 4.69) is 40.3 Å². The summed E-state index contributed by atoms with van der Waals surface area (Å²) < 4.78 is 1.94. The lowest BCUT2D eigenvalue weighted by Gasteiger charge is -2.33. The summed E-state index contributed by atoms with van der Waals surface area (Å²) >= 11 is 0. The molecule has 1 fully saturated rings. The third-order valence-electron chi connectivity index (χ3n) is 4.16. The minimum absolute atomic E-state index is 0.500. The monoisotopic (exact) mass is 270 g/mol. The van der Waals surface area contributed by atoms with E-state index in [1.165, 1.54) is 30.6 Å². The Morgan fingerprint density at radius 2 is 2.10 bits per heavy atom. The molecule has 1 saturated heterocycles. The number of nitrogens with two attached hydrogens (primary N) is 1. The summed E-state index contributed by atoms with van der Waals surface area (Å²) in [6.07, 6.45) is 4.20. The third kappa shape index (κ3) is 2.70. The molecule has 4 nitrogen and oxygen atoms in total. The standard InChI is InChI=1S/C16H22N4/c1-19-16(15(17)10-18-19)14-8-5-9-20(12-14)11-13-6-3-2-4-7-13/h2-4,6-7,10,14H,5,8-9,11-12,17H2,1H3. The zero-order valence-corrected chi connectivity index (χ0v) is 12.0. The molecule has 1 unspecified atom stereocenters. The fraction of sp³-hybridized carbons (Fsp3) is 0.438. The number of nitrogens with zero attached hydrogens (tertiary/aromatic N) is 3. The normalized spacial score (nSPS) is 20.1. The second-order valence-electron chi connectivity index (χ2n) is 5.67. The number of nitrogen functional groups attached to an aromatic ring is 1. The molecule has 3 rings (SSSR count). The van der Waals surface area contributed by atoms with Crippen molar-refractivity contribution in [3.05, 3.63) is 47.8 Å². The van der Waals surface area contributed by atoms with Crippen LogP contribution in [0.5, 0.6) is 0 Å². The van der Waals surface area contributed by atoms with Crippen LogP contribution < -0.4 is 5.73 Å². The topological polar surface area (TPSA) is 47.1 Å². The Bertz CT molecular complexity index is 542. The Labute approximate surface area is 120 Å². The highest BCUT2D eigenvalue weighted by Gasteiger charge is 2.25. The first-order valence-corrected chi connectivity index (χ1v) is 7.27. The van der Waals surface area contributed by atoms with Crippen LogP contribution in [0.2, 0.25) is 0 Å². The maximum Gasteiger partial charge on any atom is 0.0736 e.